The van der Waals surface area contributed by atoms with Crippen LogP contribution in [0.5, 0.6) is 0 Å². The van der Waals surface area contributed by atoms with Gasteiger partial charge in [0.15, 0.2) is 11.3 Å². The molecule has 0 saturated carbocycles. The Kier molecular flexibility index (Phi) is 4.96. The Morgan fingerprint density at radius 2 is 1.29 bits per heavy atom. The molecule has 0 heterocycles. The van der Waals surface area contributed by atoms with Crippen LogP contribution < -0.4 is 0 Å². The molecule has 0 bridgehead atoms. The number of hydrogen-bond acceptors (Lipinski definition) is 4. The van der Waals surface area contributed by atoms with E-state index in [1.165, 1.54) is 0 Å². The maximum absolute atomic E-state index is 9.76. The molecule has 0 aliphatic rings. The van der Waals surface area contributed by atoms with E-state index in [4.69, 9.17) is 10.5 Å². The van der Waals surface area contributed by atoms with Gasteiger partial charge in [-0.1, -0.05) is 61.5 Å². The van der Waals surface area contributed by atoms with Crippen LogP contribution in [-0.2, 0) is 5.41 Å². The van der Waals surface area contributed by atoms with Crippen molar-refractivity contribution < 1.29 is 0 Å². The first-order chi connectivity index (χ1) is 11.6. The minimum absolute atomic E-state index is 0.331. The van der Waals surface area contributed by atoms with E-state index in [0.717, 1.165) is 5.56 Å². The van der Waals surface area contributed by atoms with Crippen LogP contribution in [0, 0.1) is 45.3 Å². The largest absolute Gasteiger partial charge is 0.196 e. The predicted molar refractivity (Wildman–Crippen MR) is 88.2 cm³/mol. The highest BCUT2D eigenvalue weighted by atomic mass is 14.5. The van der Waals surface area contributed by atoms with Crippen molar-refractivity contribution in [2.45, 2.75) is 24.2 Å². The van der Waals surface area contributed by atoms with Crippen molar-refractivity contribution in [1.82, 2.24) is 0 Å². The van der Waals surface area contributed by atoms with E-state index in [9.17, 15) is 10.5 Å². The Morgan fingerprint density at radius 1 is 0.750 bits per heavy atom. The zero-order valence-corrected chi connectivity index (χ0v) is 13.1. The van der Waals surface area contributed by atoms with Gasteiger partial charge in [0, 0.05) is 5.92 Å². The molecule has 4 heteroatoms. The third-order valence-electron chi connectivity index (χ3n) is 4.26. The van der Waals surface area contributed by atoms with E-state index in [2.05, 4.69) is 12.1 Å². The van der Waals surface area contributed by atoms with Crippen LogP contribution in [0.4, 0.5) is 0 Å². The molecule has 0 aliphatic heterocycles. The summed E-state index contributed by atoms with van der Waals surface area (Å²) >= 11 is 0. The van der Waals surface area contributed by atoms with Gasteiger partial charge < -0.3 is 0 Å². The second-order valence-electron chi connectivity index (χ2n) is 5.48. The third-order valence-corrected chi connectivity index (χ3v) is 4.26. The smallest absolute Gasteiger partial charge is 0.175 e. The SMILES string of the molecule is CC(c1ccccc1)C(C#N)(C#N)c1ccc(C(C#N)C#N)cc1. The Labute approximate surface area is 141 Å². The van der Waals surface area contributed by atoms with Gasteiger partial charge in [-0.15, -0.1) is 0 Å². The van der Waals surface area contributed by atoms with E-state index >= 15 is 0 Å². The van der Waals surface area contributed by atoms with Gasteiger partial charge in [0.25, 0.3) is 0 Å². The number of rotatable bonds is 4. The number of nitriles is 4. The van der Waals surface area contributed by atoms with Crippen LogP contribution in [-0.4, -0.2) is 0 Å². The summed E-state index contributed by atoms with van der Waals surface area (Å²) in [7, 11) is 0. The predicted octanol–water partition coefficient (Wildman–Crippen LogP) is 3.91. The first-order valence-electron chi connectivity index (χ1n) is 7.40. The lowest BCUT2D eigenvalue weighted by Gasteiger charge is -2.27. The molecule has 2 aromatic carbocycles. The van der Waals surface area contributed by atoms with Crippen molar-refractivity contribution in [3.8, 4) is 24.3 Å². The molecule has 0 amide bonds. The molecule has 0 fully saturated rings. The zero-order chi connectivity index (χ0) is 17.6. The lowest BCUT2D eigenvalue weighted by atomic mass is 9.70. The third kappa shape index (κ3) is 2.83. The first-order valence-corrected chi connectivity index (χ1v) is 7.40. The molecule has 114 valence electrons. The number of hydrogen-bond donors (Lipinski definition) is 0. The quantitative estimate of drug-likeness (QED) is 0.855. The van der Waals surface area contributed by atoms with Crippen molar-refractivity contribution in [3.05, 3.63) is 71.3 Å². The molecule has 0 radical (unpaired) electrons. The summed E-state index contributed by atoms with van der Waals surface area (Å²) in [5, 5.41) is 37.4. The van der Waals surface area contributed by atoms with Crippen LogP contribution in [0.3, 0.4) is 0 Å². The summed E-state index contributed by atoms with van der Waals surface area (Å²) < 4.78 is 0. The van der Waals surface area contributed by atoms with Crippen LogP contribution in [0.25, 0.3) is 0 Å². The summed E-state index contributed by atoms with van der Waals surface area (Å²) in [4.78, 5) is 0. The van der Waals surface area contributed by atoms with Crippen molar-refractivity contribution in [1.29, 1.82) is 21.0 Å². The highest BCUT2D eigenvalue weighted by Crippen LogP contribution is 2.38. The molecule has 1 unspecified atom stereocenters. The molecular formula is C20H14N4. The average Bonchev–Trinajstić information content (AvgIpc) is 2.66. The maximum atomic E-state index is 9.76. The van der Waals surface area contributed by atoms with Gasteiger partial charge in [0.1, 0.15) is 0 Å². The lowest BCUT2D eigenvalue weighted by Crippen LogP contribution is -2.29. The van der Waals surface area contributed by atoms with Crippen molar-refractivity contribution in [2.75, 3.05) is 0 Å². The monoisotopic (exact) mass is 310 g/mol. The normalized spacial score (nSPS) is 11.6. The molecular weight excluding hydrogens is 296 g/mol. The number of nitrogens with zero attached hydrogens (tertiary/aromatic N) is 4. The van der Waals surface area contributed by atoms with Gasteiger partial charge in [0.05, 0.1) is 24.3 Å². The highest BCUT2D eigenvalue weighted by molar-refractivity contribution is 5.47. The fourth-order valence-corrected chi connectivity index (χ4v) is 2.71. The van der Waals surface area contributed by atoms with E-state index < -0.39 is 11.3 Å². The van der Waals surface area contributed by atoms with E-state index in [0.29, 0.717) is 11.1 Å². The van der Waals surface area contributed by atoms with Gasteiger partial charge >= 0.3 is 0 Å². The molecule has 1 atom stereocenters. The van der Waals surface area contributed by atoms with Gasteiger partial charge in [-0.25, -0.2) is 0 Å². The summed E-state index contributed by atoms with van der Waals surface area (Å²) in [6.07, 6.45) is 0. The molecule has 24 heavy (non-hydrogen) atoms. The fraction of sp³-hybridized carbons (Fsp3) is 0.200. The Morgan fingerprint density at radius 3 is 1.75 bits per heavy atom. The standard InChI is InChI=1S/C20H14N4/c1-15(16-5-3-2-4-6-16)20(13-23,14-24)19-9-7-17(8-10-19)18(11-21)12-22/h2-10,15,18H,1H3. The summed E-state index contributed by atoms with van der Waals surface area (Å²) in [5.74, 6) is -1.19. The van der Waals surface area contributed by atoms with E-state index in [1.54, 1.807) is 24.3 Å². The topological polar surface area (TPSA) is 95.2 Å². The van der Waals surface area contributed by atoms with Gasteiger partial charge in [-0.3, -0.25) is 0 Å². The molecule has 0 aliphatic carbocycles. The molecule has 4 nitrogen and oxygen atoms in total. The molecule has 0 saturated heterocycles. The first kappa shape index (κ1) is 16.8. The van der Waals surface area contributed by atoms with Crippen LogP contribution in [0.2, 0.25) is 0 Å². The molecule has 0 N–H and O–H groups in total. The van der Waals surface area contributed by atoms with Crippen LogP contribution >= 0.6 is 0 Å². The fourth-order valence-electron chi connectivity index (χ4n) is 2.71. The second-order valence-corrected chi connectivity index (χ2v) is 5.48. The summed E-state index contributed by atoms with van der Waals surface area (Å²) in [5.41, 5.74) is 0.675. The Bertz CT molecular complexity index is 843. The second kappa shape index (κ2) is 7.11. The molecule has 0 aromatic heterocycles. The molecule has 2 rings (SSSR count). The lowest BCUT2D eigenvalue weighted by molar-refractivity contribution is 0.572. The van der Waals surface area contributed by atoms with Gasteiger partial charge in [0.2, 0.25) is 0 Å². The maximum Gasteiger partial charge on any atom is 0.175 e. The average molecular weight is 310 g/mol. The highest BCUT2D eigenvalue weighted by Gasteiger charge is 2.39. The Hall–Kier alpha value is -3.60. The minimum atomic E-state index is -1.34. The zero-order valence-electron chi connectivity index (χ0n) is 13.1. The Balaban J connectivity index is 2.49. The van der Waals surface area contributed by atoms with E-state index in [1.807, 2.05) is 49.4 Å². The molecule has 2 aromatic rings. The summed E-state index contributed by atoms with van der Waals surface area (Å²) in [6, 6.07) is 24.1. The van der Waals surface area contributed by atoms with Gasteiger partial charge in [-0.05, 0) is 16.7 Å². The minimum Gasteiger partial charge on any atom is -0.196 e. The van der Waals surface area contributed by atoms with Crippen molar-refractivity contribution in [3.63, 3.8) is 0 Å². The van der Waals surface area contributed by atoms with E-state index in [-0.39, 0.29) is 5.92 Å². The molecule has 0 spiro atoms. The van der Waals surface area contributed by atoms with Gasteiger partial charge in [-0.2, -0.15) is 21.0 Å². The number of benzene rings is 2. The van der Waals surface area contributed by atoms with Crippen LogP contribution in [0.1, 0.15) is 35.4 Å². The van der Waals surface area contributed by atoms with Crippen LogP contribution in [0.15, 0.2) is 54.6 Å². The summed E-state index contributed by atoms with van der Waals surface area (Å²) in [6.45, 7) is 1.85. The van der Waals surface area contributed by atoms with Crippen molar-refractivity contribution >= 4 is 0 Å². The van der Waals surface area contributed by atoms with Crippen molar-refractivity contribution in [2.24, 2.45) is 0 Å².